The molecule has 0 aromatic heterocycles. The van der Waals surface area contributed by atoms with Gasteiger partial charge in [0.2, 0.25) is 5.76 Å². The number of hydrogen-bond acceptors (Lipinski definition) is 4. The highest BCUT2D eigenvalue weighted by atomic mass is 19.1. The predicted molar refractivity (Wildman–Crippen MR) is 90.1 cm³/mol. The number of methoxy groups -OCH3 is 1. The van der Waals surface area contributed by atoms with E-state index in [0.29, 0.717) is 11.1 Å². The summed E-state index contributed by atoms with van der Waals surface area (Å²) in [6.07, 6.45) is 0.728. The molecule has 0 aliphatic carbocycles. The van der Waals surface area contributed by atoms with E-state index in [-0.39, 0.29) is 0 Å². The Bertz CT molecular complexity index is 771. The van der Waals surface area contributed by atoms with Crippen molar-refractivity contribution in [2.45, 2.75) is 6.04 Å². The number of amides is 1. The highest BCUT2D eigenvalue weighted by Gasteiger charge is 2.24. The molecule has 2 aromatic carbocycles. The van der Waals surface area contributed by atoms with Crippen molar-refractivity contribution in [2.75, 3.05) is 14.2 Å². The fourth-order valence-electron chi connectivity index (χ4n) is 2.44. The van der Waals surface area contributed by atoms with E-state index in [4.69, 9.17) is 0 Å². The van der Waals surface area contributed by atoms with Crippen LogP contribution in [0.1, 0.15) is 17.2 Å². The zero-order valence-electron chi connectivity index (χ0n) is 14.1. The number of benzene rings is 2. The summed E-state index contributed by atoms with van der Waals surface area (Å²) in [7, 11) is 2.52. The molecule has 2 rings (SSSR count). The Kier molecular flexibility index (Phi) is 6.06. The Labute approximate surface area is 149 Å². The van der Waals surface area contributed by atoms with E-state index in [2.05, 4.69) is 4.74 Å². The zero-order chi connectivity index (χ0) is 19.3. The lowest BCUT2D eigenvalue weighted by molar-refractivity contribution is -0.139. The highest BCUT2D eigenvalue weighted by Crippen LogP contribution is 2.28. The molecule has 0 bridgehead atoms. The molecule has 0 atom stereocenters. The summed E-state index contributed by atoms with van der Waals surface area (Å²) in [4.78, 5) is 24.9. The lowest BCUT2D eigenvalue weighted by Gasteiger charge is -2.28. The summed E-state index contributed by atoms with van der Waals surface area (Å²) < 4.78 is 30.8. The van der Waals surface area contributed by atoms with Crippen molar-refractivity contribution in [3.8, 4) is 0 Å². The first kappa shape index (κ1) is 19.1. The lowest BCUT2D eigenvalue weighted by atomic mass is 9.97. The minimum atomic E-state index is -1.05. The molecule has 5 nitrogen and oxygen atoms in total. The van der Waals surface area contributed by atoms with E-state index in [1.165, 1.54) is 60.5 Å². The number of nitrogens with zero attached hydrogens (tertiary/aromatic N) is 1. The molecule has 0 spiro atoms. The standard InChI is InChI=1S/C19H17F2NO4/c1-22(17(24)11-16(23)19(25)26-2)18(12-3-7-14(20)8-4-12)13-5-9-15(21)10-6-13/h3-11,18,23H,1-2H3/b16-11-. The Hall–Kier alpha value is -3.22. The largest absolute Gasteiger partial charge is 0.502 e. The summed E-state index contributed by atoms with van der Waals surface area (Å²) in [5.41, 5.74) is 1.14. The molecule has 7 heteroatoms. The molecule has 0 radical (unpaired) electrons. The quantitative estimate of drug-likeness (QED) is 0.505. The van der Waals surface area contributed by atoms with E-state index in [1.807, 2.05) is 0 Å². The Balaban J connectivity index is 2.42. The van der Waals surface area contributed by atoms with Gasteiger partial charge in [-0.15, -0.1) is 0 Å². The van der Waals surface area contributed by atoms with Crippen LogP contribution >= 0.6 is 0 Å². The van der Waals surface area contributed by atoms with Crippen LogP contribution in [-0.2, 0) is 14.3 Å². The van der Waals surface area contributed by atoms with Crippen molar-refractivity contribution < 1.29 is 28.2 Å². The van der Waals surface area contributed by atoms with Gasteiger partial charge < -0.3 is 14.7 Å². The molecule has 0 saturated heterocycles. The van der Waals surface area contributed by atoms with Crippen molar-refractivity contribution >= 4 is 11.9 Å². The predicted octanol–water partition coefficient (Wildman–Crippen LogP) is 3.13. The number of esters is 1. The van der Waals surface area contributed by atoms with Gasteiger partial charge in [0.25, 0.3) is 5.91 Å². The van der Waals surface area contributed by atoms with E-state index < -0.39 is 35.3 Å². The van der Waals surface area contributed by atoms with Crippen LogP contribution in [0, 0.1) is 11.6 Å². The molecule has 0 fully saturated rings. The molecule has 26 heavy (non-hydrogen) atoms. The second-order valence-corrected chi connectivity index (χ2v) is 5.48. The average Bonchev–Trinajstić information content (AvgIpc) is 2.64. The van der Waals surface area contributed by atoms with Crippen LogP contribution in [-0.4, -0.2) is 36.0 Å². The van der Waals surface area contributed by atoms with Gasteiger partial charge in [0.15, 0.2) is 0 Å². The number of halogens is 2. The van der Waals surface area contributed by atoms with Crippen LogP contribution in [0.25, 0.3) is 0 Å². The van der Waals surface area contributed by atoms with Crippen molar-refractivity contribution in [3.63, 3.8) is 0 Å². The van der Waals surface area contributed by atoms with E-state index in [1.54, 1.807) is 0 Å². The molecule has 0 aliphatic heterocycles. The Morgan fingerprint density at radius 1 is 1.00 bits per heavy atom. The van der Waals surface area contributed by atoms with Gasteiger partial charge in [0.05, 0.1) is 19.2 Å². The van der Waals surface area contributed by atoms with Crippen LogP contribution < -0.4 is 0 Å². The molecule has 1 N–H and O–H groups in total. The maximum atomic E-state index is 13.2. The molecule has 2 aromatic rings. The molecule has 0 heterocycles. The number of rotatable bonds is 5. The number of likely N-dealkylation sites (N-methyl/N-ethyl adjacent to an activating group) is 1. The molecule has 1 amide bonds. The third kappa shape index (κ3) is 4.44. The lowest BCUT2D eigenvalue weighted by Crippen LogP contribution is -2.31. The Morgan fingerprint density at radius 3 is 1.81 bits per heavy atom. The summed E-state index contributed by atoms with van der Waals surface area (Å²) >= 11 is 0. The topological polar surface area (TPSA) is 66.8 Å². The summed E-state index contributed by atoms with van der Waals surface area (Å²) in [5, 5.41) is 9.57. The van der Waals surface area contributed by atoms with Crippen LogP contribution in [0.5, 0.6) is 0 Å². The van der Waals surface area contributed by atoms with Crippen LogP contribution in [0.15, 0.2) is 60.4 Å². The van der Waals surface area contributed by atoms with Crippen molar-refractivity contribution in [1.29, 1.82) is 0 Å². The number of carbonyl (C=O) groups excluding carboxylic acids is 2. The molecular weight excluding hydrogens is 344 g/mol. The summed E-state index contributed by atoms with van der Waals surface area (Å²) in [6.45, 7) is 0. The summed E-state index contributed by atoms with van der Waals surface area (Å²) in [6, 6.07) is 10.3. The first-order chi connectivity index (χ1) is 12.3. The van der Waals surface area contributed by atoms with E-state index in [0.717, 1.165) is 13.2 Å². The van der Waals surface area contributed by atoms with Gasteiger partial charge in [-0.2, -0.15) is 0 Å². The number of aliphatic hydroxyl groups excluding tert-OH is 1. The number of aliphatic hydroxyl groups is 1. The molecule has 0 unspecified atom stereocenters. The number of carbonyl (C=O) groups is 2. The average molecular weight is 361 g/mol. The zero-order valence-corrected chi connectivity index (χ0v) is 14.1. The number of ether oxygens (including phenoxy) is 1. The molecule has 136 valence electrons. The third-order valence-corrected chi connectivity index (χ3v) is 3.76. The van der Waals surface area contributed by atoms with Gasteiger partial charge in [-0.25, -0.2) is 13.6 Å². The molecule has 0 aliphatic rings. The van der Waals surface area contributed by atoms with Crippen molar-refractivity contribution in [2.24, 2.45) is 0 Å². The van der Waals surface area contributed by atoms with Crippen LogP contribution in [0.2, 0.25) is 0 Å². The second-order valence-electron chi connectivity index (χ2n) is 5.48. The normalized spacial score (nSPS) is 11.3. The van der Waals surface area contributed by atoms with Gasteiger partial charge in [0, 0.05) is 7.05 Å². The second kappa shape index (κ2) is 8.24. The van der Waals surface area contributed by atoms with E-state index >= 15 is 0 Å². The maximum Gasteiger partial charge on any atom is 0.373 e. The van der Waals surface area contributed by atoms with Crippen molar-refractivity contribution in [3.05, 3.63) is 83.1 Å². The summed E-state index contributed by atoms with van der Waals surface area (Å²) in [5.74, 6) is -3.47. The molecule has 0 saturated carbocycles. The van der Waals surface area contributed by atoms with Gasteiger partial charge >= 0.3 is 5.97 Å². The molecular formula is C19H17F2NO4. The smallest absolute Gasteiger partial charge is 0.373 e. The number of hydrogen-bond donors (Lipinski definition) is 1. The minimum absolute atomic E-state index is 0.441. The van der Waals surface area contributed by atoms with Gasteiger partial charge in [-0.1, -0.05) is 24.3 Å². The fourth-order valence-corrected chi connectivity index (χ4v) is 2.44. The first-order valence-electron chi connectivity index (χ1n) is 7.60. The SMILES string of the molecule is COC(=O)/C(O)=C/C(=O)N(C)C(c1ccc(F)cc1)c1ccc(F)cc1. The van der Waals surface area contributed by atoms with Crippen LogP contribution in [0.4, 0.5) is 8.78 Å². The fraction of sp³-hybridized carbons (Fsp3) is 0.158. The van der Waals surface area contributed by atoms with Gasteiger partial charge in [0.1, 0.15) is 11.6 Å². The first-order valence-corrected chi connectivity index (χ1v) is 7.60. The van der Waals surface area contributed by atoms with Gasteiger partial charge in [-0.3, -0.25) is 4.79 Å². The highest BCUT2D eigenvalue weighted by molar-refractivity contribution is 5.96. The maximum absolute atomic E-state index is 13.2. The minimum Gasteiger partial charge on any atom is -0.502 e. The van der Waals surface area contributed by atoms with E-state index in [9.17, 15) is 23.5 Å². The van der Waals surface area contributed by atoms with Gasteiger partial charge in [-0.05, 0) is 35.4 Å². The Morgan fingerprint density at radius 2 is 1.42 bits per heavy atom. The van der Waals surface area contributed by atoms with Crippen molar-refractivity contribution in [1.82, 2.24) is 4.90 Å². The third-order valence-electron chi connectivity index (χ3n) is 3.76. The van der Waals surface area contributed by atoms with Crippen LogP contribution in [0.3, 0.4) is 0 Å². The monoisotopic (exact) mass is 361 g/mol.